The van der Waals surface area contributed by atoms with Gasteiger partial charge < -0.3 is 14.8 Å². The van der Waals surface area contributed by atoms with Gasteiger partial charge in [-0.1, -0.05) is 36.4 Å². The normalized spacial score (nSPS) is 21.0. The van der Waals surface area contributed by atoms with Gasteiger partial charge in [-0.25, -0.2) is 4.79 Å². The van der Waals surface area contributed by atoms with Crippen molar-refractivity contribution in [3.8, 4) is 16.9 Å². The van der Waals surface area contributed by atoms with Crippen molar-refractivity contribution in [1.29, 1.82) is 0 Å². The SMILES string of the molecule is CC(=O)NCC1OC(=O)N2c3ccc(-c4ccccc4)cc3OCC12. The van der Waals surface area contributed by atoms with Gasteiger partial charge >= 0.3 is 6.09 Å². The van der Waals surface area contributed by atoms with Crippen LogP contribution in [0, 0.1) is 0 Å². The third kappa shape index (κ3) is 2.80. The van der Waals surface area contributed by atoms with Gasteiger partial charge in [0.25, 0.3) is 0 Å². The van der Waals surface area contributed by atoms with Crippen molar-refractivity contribution in [2.24, 2.45) is 0 Å². The fourth-order valence-corrected chi connectivity index (χ4v) is 3.26. The van der Waals surface area contributed by atoms with E-state index in [9.17, 15) is 9.59 Å². The number of nitrogens with one attached hydrogen (secondary N) is 1. The zero-order valence-corrected chi connectivity index (χ0v) is 13.8. The van der Waals surface area contributed by atoms with E-state index in [2.05, 4.69) is 5.32 Å². The largest absolute Gasteiger partial charge is 0.489 e. The van der Waals surface area contributed by atoms with E-state index >= 15 is 0 Å². The summed E-state index contributed by atoms with van der Waals surface area (Å²) in [5, 5.41) is 2.70. The molecule has 2 aliphatic heterocycles. The molecule has 2 unspecified atom stereocenters. The molecule has 2 aromatic rings. The molecular formula is C19H18N2O4. The van der Waals surface area contributed by atoms with Gasteiger partial charge in [-0.2, -0.15) is 0 Å². The number of ether oxygens (including phenoxy) is 2. The number of hydrogen-bond donors (Lipinski definition) is 1. The summed E-state index contributed by atoms with van der Waals surface area (Å²) in [6.45, 7) is 2.05. The average Bonchev–Trinajstić information content (AvgIpc) is 2.96. The molecule has 1 N–H and O–H groups in total. The van der Waals surface area contributed by atoms with Crippen LogP contribution in [0.1, 0.15) is 6.92 Å². The van der Waals surface area contributed by atoms with E-state index < -0.39 is 12.2 Å². The Kier molecular flexibility index (Phi) is 3.80. The van der Waals surface area contributed by atoms with Gasteiger partial charge in [0.1, 0.15) is 24.5 Å². The highest BCUT2D eigenvalue weighted by Crippen LogP contribution is 2.40. The van der Waals surface area contributed by atoms with Crippen molar-refractivity contribution in [1.82, 2.24) is 5.32 Å². The lowest BCUT2D eigenvalue weighted by Crippen LogP contribution is -2.47. The molecule has 0 aliphatic carbocycles. The molecule has 1 fully saturated rings. The van der Waals surface area contributed by atoms with E-state index in [1.54, 1.807) is 4.90 Å². The monoisotopic (exact) mass is 338 g/mol. The highest BCUT2D eigenvalue weighted by Gasteiger charge is 2.46. The maximum absolute atomic E-state index is 12.3. The number of nitrogens with zero attached hydrogens (tertiary/aromatic N) is 1. The summed E-state index contributed by atoms with van der Waals surface area (Å²) in [6, 6.07) is 15.5. The number of anilines is 1. The Morgan fingerprint density at radius 2 is 2.00 bits per heavy atom. The molecule has 128 valence electrons. The van der Waals surface area contributed by atoms with Crippen LogP contribution in [0.3, 0.4) is 0 Å². The van der Waals surface area contributed by atoms with E-state index in [0.29, 0.717) is 18.0 Å². The molecule has 2 aliphatic rings. The van der Waals surface area contributed by atoms with Gasteiger partial charge in [0, 0.05) is 6.92 Å². The lowest BCUT2D eigenvalue weighted by atomic mass is 10.0. The Morgan fingerprint density at radius 1 is 1.20 bits per heavy atom. The number of carbonyl (C=O) groups excluding carboxylic acids is 2. The molecule has 2 amide bonds. The fraction of sp³-hybridized carbons (Fsp3) is 0.263. The highest BCUT2D eigenvalue weighted by molar-refractivity contribution is 5.94. The third-order valence-corrected chi connectivity index (χ3v) is 4.50. The van der Waals surface area contributed by atoms with Gasteiger partial charge in [0.15, 0.2) is 0 Å². The van der Waals surface area contributed by atoms with Crippen LogP contribution in [0.15, 0.2) is 48.5 Å². The van der Waals surface area contributed by atoms with E-state index in [4.69, 9.17) is 9.47 Å². The number of hydrogen-bond acceptors (Lipinski definition) is 4. The summed E-state index contributed by atoms with van der Waals surface area (Å²) >= 11 is 0. The van der Waals surface area contributed by atoms with E-state index in [1.807, 2.05) is 48.5 Å². The first-order valence-corrected chi connectivity index (χ1v) is 8.20. The quantitative estimate of drug-likeness (QED) is 0.934. The van der Waals surface area contributed by atoms with Crippen LogP contribution in [0.4, 0.5) is 10.5 Å². The summed E-state index contributed by atoms with van der Waals surface area (Å²) in [5.41, 5.74) is 2.81. The number of carbonyl (C=O) groups is 2. The molecule has 25 heavy (non-hydrogen) atoms. The fourth-order valence-electron chi connectivity index (χ4n) is 3.26. The highest BCUT2D eigenvalue weighted by atomic mass is 16.6. The first kappa shape index (κ1) is 15.5. The molecule has 0 aromatic heterocycles. The summed E-state index contributed by atoms with van der Waals surface area (Å²) < 4.78 is 11.3. The predicted molar refractivity (Wildman–Crippen MR) is 92.6 cm³/mol. The lowest BCUT2D eigenvalue weighted by molar-refractivity contribution is -0.119. The van der Waals surface area contributed by atoms with Gasteiger partial charge in [-0.05, 0) is 23.3 Å². The molecule has 1 saturated heterocycles. The van der Waals surface area contributed by atoms with Crippen LogP contribution >= 0.6 is 0 Å². The Hall–Kier alpha value is -3.02. The number of benzene rings is 2. The van der Waals surface area contributed by atoms with Crippen molar-refractivity contribution >= 4 is 17.7 Å². The maximum Gasteiger partial charge on any atom is 0.415 e. The van der Waals surface area contributed by atoms with Gasteiger partial charge in [-0.15, -0.1) is 0 Å². The average molecular weight is 338 g/mol. The standard InChI is InChI=1S/C19H18N2O4/c1-12(22)20-10-18-16-11-24-17-9-14(13-5-3-2-4-6-13)7-8-15(17)21(16)19(23)25-18/h2-9,16,18H,10-11H2,1H3,(H,20,22). The molecule has 2 aromatic carbocycles. The Bertz CT molecular complexity index is 821. The van der Waals surface area contributed by atoms with E-state index in [1.165, 1.54) is 6.92 Å². The van der Waals surface area contributed by atoms with E-state index in [0.717, 1.165) is 11.1 Å². The maximum atomic E-state index is 12.3. The van der Waals surface area contributed by atoms with E-state index in [-0.39, 0.29) is 18.5 Å². The van der Waals surface area contributed by atoms with Crippen LogP contribution in [-0.2, 0) is 9.53 Å². The Balaban J connectivity index is 1.62. The minimum absolute atomic E-state index is 0.154. The molecule has 0 saturated carbocycles. The first-order valence-electron chi connectivity index (χ1n) is 8.20. The third-order valence-electron chi connectivity index (χ3n) is 4.50. The topological polar surface area (TPSA) is 67.9 Å². The summed E-state index contributed by atoms with van der Waals surface area (Å²) in [4.78, 5) is 25.1. The van der Waals surface area contributed by atoms with Crippen molar-refractivity contribution in [3.63, 3.8) is 0 Å². The van der Waals surface area contributed by atoms with Crippen molar-refractivity contribution in [2.45, 2.75) is 19.1 Å². The molecule has 6 heteroatoms. The van der Waals surface area contributed by atoms with Crippen LogP contribution in [0.2, 0.25) is 0 Å². The Morgan fingerprint density at radius 3 is 2.76 bits per heavy atom. The molecule has 0 spiro atoms. The zero-order chi connectivity index (χ0) is 17.4. The molecule has 0 bridgehead atoms. The predicted octanol–water partition coefficient (Wildman–Crippen LogP) is 2.58. The minimum atomic E-state index is -0.418. The van der Waals surface area contributed by atoms with Crippen molar-refractivity contribution in [2.75, 3.05) is 18.1 Å². The van der Waals surface area contributed by atoms with Crippen molar-refractivity contribution in [3.05, 3.63) is 48.5 Å². The smallest absolute Gasteiger partial charge is 0.415 e. The number of cyclic esters (lactones) is 1. The number of amides is 2. The second-order valence-electron chi connectivity index (χ2n) is 6.16. The summed E-state index contributed by atoms with van der Waals surface area (Å²) in [6.07, 6.45) is -0.823. The van der Waals surface area contributed by atoms with Crippen LogP contribution in [0.5, 0.6) is 5.75 Å². The first-order chi connectivity index (χ1) is 12.1. The summed E-state index contributed by atoms with van der Waals surface area (Å²) in [7, 11) is 0. The van der Waals surface area contributed by atoms with Crippen LogP contribution in [0.25, 0.3) is 11.1 Å². The zero-order valence-electron chi connectivity index (χ0n) is 13.8. The summed E-state index contributed by atoms with van der Waals surface area (Å²) in [5.74, 6) is 0.508. The van der Waals surface area contributed by atoms with Gasteiger partial charge in [0.2, 0.25) is 5.91 Å². The van der Waals surface area contributed by atoms with Gasteiger partial charge in [-0.3, -0.25) is 9.69 Å². The minimum Gasteiger partial charge on any atom is -0.489 e. The molecular weight excluding hydrogens is 320 g/mol. The Labute approximate surface area is 145 Å². The molecule has 6 nitrogen and oxygen atoms in total. The second kappa shape index (κ2) is 6.12. The van der Waals surface area contributed by atoms with Crippen LogP contribution in [-0.4, -0.2) is 37.3 Å². The number of fused-ring (bicyclic) bond motifs is 3. The molecule has 4 rings (SSSR count). The lowest BCUT2D eigenvalue weighted by Gasteiger charge is -2.31. The van der Waals surface area contributed by atoms with Crippen LogP contribution < -0.4 is 15.0 Å². The molecule has 0 radical (unpaired) electrons. The van der Waals surface area contributed by atoms with Gasteiger partial charge in [0.05, 0.1) is 12.2 Å². The van der Waals surface area contributed by atoms with Crippen molar-refractivity contribution < 1.29 is 19.1 Å². The molecule has 2 heterocycles. The molecule has 2 atom stereocenters. The second-order valence-corrected chi connectivity index (χ2v) is 6.16. The number of rotatable bonds is 3.